The SMILES string of the molecule is COC(=O)C1(C(C)=O)C(C)C(C)C1c1c(C)cc(C)cc1C. The van der Waals surface area contributed by atoms with Crippen LogP contribution in [-0.2, 0) is 14.3 Å². The van der Waals surface area contributed by atoms with Crippen LogP contribution in [0.2, 0.25) is 0 Å². The Morgan fingerprint density at radius 2 is 1.59 bits per heavy atom. The molecule has 4 atom stereocenters. The number of carbonyl (C=O) groups is 2. The van der Waals surface area contributed by atoms with E-state index in [1.165, 1.54) is 19.6 Å². The lowest BCUT2D eigenvalue weighted by Crippen LogP contribution is -2.62. The Labute approximate surface area is 133 Å². The van der Waals surface area contributed by atoms with Crippen LogP contribution in [0.3, 0.4) is 0 Å². The second kappa shape index (κ2) is 5.53. The van der Waals surface area contributed by atoms with Crippen molar-refractivity contribution in [3.05, 3.63) is 34.4 Å². The van der Waals surface area contributed by atoms with Crippen molar-refractivity contribution < 1.29 is 14.3 Å². The summed E-state index contributed by atoms with van der Waals surface area (Å²) < 4.78 is 5.03. The number of rotatable bonds is 3. The van der Waals surface area contributed by atoms with Gasteiger partial charge < -0.3 is 4.74 Å². The van der Waals surface area contributed by atoms with E-state index >= 15 is 0 Å². The second-order valence-electron chi connectivity index (χ2n) is 6.85. The van der Waals surface area contributed by atoms with Gasteiger partial charge in [-0.05, 0) is 56.2 Å². The lowest BCUT2D eigenvalue weighted by molar-refractivity contribution is -0.179. The number of Topliss-reactive ketones (excluding diaryl/α,β-unsaturated/α-hetero) is 1. The first-order valence-electron chi connectivity index (χ1n) is 7.86. The molecule has 1 fully saturated rings. The fourth-order valence-electron chi connectivity index (χ4n) is 4.62. The Bertz CT molecular complexity index is 609. The highest BCUT2D eigenvalue weighted by Crippen LogP contribution is 2.63. The first kappa shape index (κ1) is 16.7. The molecule has 120 valence electrons. The van der Waals surface area contributed by atoms with Gasteiger partial charge >= 0.3 is 5.97 Å². The van der Waals surface area contributed by atoms with E-state index in [0.29, 0.717) is 0 Å². The minimum absolute atomic E-state index is 0.0115. The zero-order chi connectivity index (χ0) is 16.8. The molecule has 4 unspecified atom stereocenters. The van der Waals surface area contributed by atoms with Gasteiger partial charge in [0, 0.05) is 5.92 Å². The predicted molar refractivity (Wildman–Crippen MR) is 86.9 cm³/mol. The summed E-state index contributed by atoms with van der Waals surface area (Å²) in [5, 5.41) is 0. The van der Waals surface area contributed by atoms with Crippen LogP contribution in [0, 0.1) is 38.0 Å². The van der Waals surface area contributed by atoms with Crippen molar-refractivity contribution in [2.75, 3.05) is 7.11 Å². The molecule has 3 heteroatoms. The molecule has 0 aliphatic heterocycles. The minimum Gasteiger partial charge on any atom is -0.468 e. The number of carbonyl (C=O) groups excluding carboxylic acids is 2. The van der Waals surface area contributed by atoms with Gasteiger partial charge in [-0.1, -0.05) is 31.5 Å². The average molecular weight is 302 g/mol. The Balaban J connectivity index is 2.67. The minimum atomic E-state index is -1.04. The number of esters is 1. The maximum Gasteiger partial charge on any atom is 0.320 e. The number of aryl methyl sites for hydroxylation is 3. The molecule has 0 N–H and O–H groups in total. The van der Waals surface area contributed by atoms with Crippen molar-refractivity contribution in [3.8, 4) is 0 Å². The van der Waals surface area contributed by atoms with Crippen LogP contribution in [-0.4, -0.2) is 18.9 Å². The van der Waals surface area contributed by atoms with E-state index in [0.717, 1.165) is 16.7 Å². The summed E-state index contributed by atoms with van der Waals surface area (Å²) in [6.45, 7) is 11.8. The van der Waals surface area contributed by atoms with Crippen LogP contribution in [0.25, 0.3) is 0 Å². The van der Waals surface area contributed by atoms with Crippen LogP contribution < -0.4 is 0 Å². The standard InChI is InChI=1S/C19H26O3/c1-10-8-11(2)16(12(3)9-10)17-13(4)14(5)19(17,15(6)20)18(21)22-7/h8-9,13-14,17H,1-7H3. The molecule has 0 spiro atoms. The summed E-state index contributed by atoms with van der Waals surface area (Å²) in [6.07, 6.45) is 0. The van der Waals surface area contributed by atoms with E-state index in [-0.39, 0.29) is 23.5 Å². The van der Waals surface area contributed by atoms with Crippen molar-refractivity contribution in [2.24, 2.45) is 17.3 Å². The normalized spacial score (nSPS) is 30.6. The number of methoxy groups -OCH3 is 1. The summed E-state index contributed by atoms with van der Waals surface area (Å²) >= 11 is 0. The molecule has 2 rings (SSSR count). The van der Waals surface area contributed by atoms with Crippen molar-refractivity contribution >= 4 is 11.8 Å². The number of hydrogen-bond donors (Lipinski definition) is 0. The third-order valence-corrected chi connectivity index (χ3v) is 5.68. The summed E-state index contributed by atoms with van der Waals surface area (Å²) in [5.41, 5.74) is 3.59. The van der Waals surface area contributed by atoms with Gasteiger partial charge in [-0.25, -0.2) is 0 Å². The highest BCUT2D eigenvalue weighted by Gasteiger charge is 2.67. The average Bonchev–Trinajstić information content (AvgIpc) is 2.43. The molecule has 0 aromatic heterocycles. The van der Waals surface area contributed by atoms with Crippen LogP contribution in [0.15, 0.2) is 12.1 Å². The zero-order valence-corrected chi connectivity index (χ0v) is 14.6. The maximum atomic E-state index is 12.5. The smallest absolute Gasteiger partial charge is 0.320 e. The van der Waals surface area contributed by atoms with E-state index in [9.17, 15) is 9.59 Å². The maximum absolute atomic E-state index is 12.5. The summed E-state index contributed by atoms with van der Waals surface area (Å²) in [5.74, 6) is -0.331. The number of hydrogen-bond acceptors (Lipinski definition) is 3. The Morgan fingerprint density at radius 1 is 1.09 bits per heavy atom. The second-order valence-corrected chi connectivity index (χ2v) is 6.85. The molecule has 3 nitrogen and oxygen atoms in total. The summed E-state index contributed by atoms with van der Waals surface area (Å²) in [4.78, 5) is 25.0. The van der Waals surface area contributed by atoms with Gasteiger partial charge in [0.25, 0.3) is 0 Å². The third-order valence-electron chi connectivity index (χ3n) is 5.68. The number of benzene rings is 1. The molecule has 22 heavy (non-hydrogen) atoms. The Morgan fingerprint density at radius 3 is 2.00 bits per heavy atom. The molecule has 0 radical (unpaired) electrons. The highest BCUT2D eigenvalue weighted by atomic mass is 16.5. The van der Waals surface area contributed by atoms with E-state index in [2.05, 4.69) is 39.8 Å². The van der Waals surface area contributed by atoms with Crippen molar-refractivity contribution in [1.82, 2.24) is 0 Å². The van der Waals surface area contributed by atoms with Crippen molar-refractivity contribution in [1.29, 1.82) is 0 Å². The monoisotopic (exact) mass is 302 g/mol. The fraction of sp³-hybridized carbons (Fsp3) is 0.579. The van der Waals surface area contributed by atoms with Gasteiger partial charge in [0.05, 0.1) is 7.11 Å². The van der Waals surface area contributed by atoms with E-state index in [4.69, 9.17) is 4.74 Å². The van der Waals surface area contributed by atoms with Gasteiger partial charge in [-0.3, -0.25) is 9.59 Å². The van der Waals surface area contributed by atoms with Crippen molar-refractivity contribution in [2.45, 2.75) is 47.5 Å². The molecular formula is C19H26O3. The highest BCUT2D eigenvalue weighted by molar-refractivity contribution is 6.05. The van der Waals surface area contributed by atoms with Gasteiger partial charge in [0.1, 0.15) is 11.2 Å². The largest absolute Gasteiger partial charge is 0.468 e. The quantitative estimate of drug-likeness (QED) is 0.631. The lowest BCUT2D eigenvalue weighted by atomic mass is 9.44. The van der Waals surface area contributed by atoms with Crippen LogP contribution in [0.1, 0.15) is 48.9 Å². The lowest BCUT2D eigenvalue weighted by Gasteiger charge is -2.57. The van der Waals surface area contributed by atoms with E-state index in [1.807, 2.05) is 6.92 Å². The van der Waals surface area contributed by atoms with Crippen LogP contribution >= 0.6 is 0 Å². The molecule has 1 aliphatic carbocycles. The molecule has 1 aromatic carbocycles. The molecule has 0 bridgehead atoms. The number of ether oxygens (including phenoxy) is 1. The van der Waals surface area contributed by atoms with E-state index in [1.54, 1.807) is 0 Å². The van der Waals surface area contributed by atoms with Crippen LogP contribution in [0.5, 0.6) is 0 Å². The summed E-state index contributed by atoms with van der Waals surface area (Å²) in [6, 6.07) is 4.25. The van der Waals surface area contributed by atoms with Crippen molar-refractivity contribution in [3.63, 3.8) is 0 Å². The molecule has 0 amide bonds. The van der Waals surface area contributed by atoms with Gasteiger partial charge in [0.2, 0.25) is 0 Å². The molecule has 0 heterocycles. The molecule has 0 saturated heterocycles. The summed E-state index contributed by atoms with van der Waals surface area (Å²) in [7, 11) is 1.37. The van der Waals surface area contributed by atoms with Crippen LogP contribution in [0.4, 0.5) is 0 Å². The molecular weight excluding hydrogens is 276 g/mol. The third kappa shape index (κ3) is 2.02. The Hall–Kier alpha value is -1.64. The predicted octanol–water partition coefficient (Wildman–Crippen LogP) is 3.73. The Kier molecular flexibility index (Phi) is 4.20. The first-order valence-corrected chi connectivity index (χ1v) is 7.86. The van der Waals surface area contributed by atoms with Gasteiger partial charge in [-0.2, -0.15) is 0 Å². The molecule has 1 aromatic rings. The van der Waals surface area contributed by atoms with E-state index < -0.39 is 11.4 Å². The van der Waals surface area contributed by atoms with Gasteiger partial charge in [-0.15, -0.1) is 0 Å². The van der Waals surface area contributed by atoms with Gasteiger partial charge in [0.15, 0.2) is 0 Å². The zero-order valence-electron chi connectivity index (χ0n) is 14.6. The topological polar surface area (TPSA) is 43.4 Å². The molecule has 1 aliphatic rings. The molecule has 1 saturated carbocycles. The number of ketones is 1. The fourth-order valence-corrected chi connectivity index (χ4v) is 4.62. The first-order chi connectivity index (χ1) is 10.2.